The van der Waals surface area contributed by atoms with E-state index in [-0.39, 0.29) is 23.8 Å². The lowest BCUT2D eigenvalue weighted by molar-refractivity contribution is -0.169. The second-order valence-corrected chi connectivity index (χ2v) is 12.3. The molecule has 1 saturated carbocycles. The van der Waals surface area contributed by atoms with E-state index in [9.17, 15) is 71.1 Å². The SMILES string of the molecule is C[C@@H]1c2ccc(NC(=O)Nc3cc(C(F)(F)F)cc(C(F)(F)F)c3)c(O)c2C(O)=C2C(=O)[C@@]3(O)C(O)=C(C(N)=O)C(=O)[C@H](N(C)C)[C@H]3[C@H](O)[C@H]21. The molecular formula is C31H28F6N4O9. The van der Waals surface area contributed by atoms with Gasteiger partial charge in [0.15, 0.2) is 11.4 Å². The molecule has 5 rings (SSSR count). The molecule has 2 aromatic carbocycles. The first kappa shape index (κ1) is 36.1. The van der Waals surface area contributed by atoms with Crippen molar-refractivity contribution in [1.29, 1.82) is 0 Å². The number of aromatic hydroxyl groups is 1. The van der Waals surface area contributed by atoms with Crippen molar-refractivity contribution in [3.8, 4) is 5.75 Å². The summed E-state index contributed by atoms with van der Waals surface area (Å²) in [6.07, 6.45) is -12.3. The molecule has 50 heavy (non-hydrogen) atoms. The van der Waals surface area contributed by atoms with Gasteiger partial charge in [-0.2, -0.15) is 26.3 Å². The van der Waals surface area contributed by atoms with Crippen LogP contribution in [0.15, 0.2) is 47.2 Å². The van der Waals surface area contributed by atoms with Gasteiger partial charge in [-0.15, -0.1) is 0 Å². The number of urea groups is 1. The summed E-state index contributed by atoms with van der Waals surface area (Å²) in [6.45, 7) is 1.45. The van der Waals surface area contributed by atoms with Crippen molar-refractivity contribution in [3.05, 3.63) is 69.5 Å². The van der Waals surface area contributed by atoms with Gasteiger partial charge >= 0.3 is 18.4 Å². The van der Waals surface area contributed by atoms with Crippen LogP contribution in [0.4, 0.5) is 42.5 Å². The predicted octanol–water partition coefficient (Wildman–Crippen LogP) is 3.18. The molecule has 3 aliphatic rings. The van der Waals surface area contributed by atoms with Crippen LogP contribution in [-0.4, -0.2) is 85.8 Å². The van der Waals surface area contributed by atoms with E-state index in [0.717, 1.165) is 6.07 Å². The number of Topliss-reactive ketones (excluding diaryl/α,β-unsaturated/α-hetero) is 2. The monoisotopic (exact) mass is 714 g/mol. The molecule has 0 radical (unpaired) electrons. The maximum Gasteiger partial charge on any atom is 0.416 e. The average Bonchev–Trinajstić information content (AvgIpc) is 2.98. The molecule has 0 unspecified atom stereocenters. The van der Waals surface area contributed by atoms with Gasteiger partial charge in [-0.1, -0.05) is 13.0 Å². The average molecular weight is 715 g/mol. The molecule has 1 fully saturated rings. The molecule has 268 valence electrons. The Balaban J connectivity index is 1.57. The Labute approximate surface area is 277 Å². The highest BCUT2D eigenvalue weighted by molar-refractivity contribution is 6.24. The summed E-state index contributed by atoms with van der Waals surface area (Å²) in [5.41, 5.74) is -5.14. The standard InChI is InChI=1S/C31H28F6N4O9/c1-9-13-4-5-14(40-28(49)39-12-7-10(30(32,33)34)6-11(8-12)31(35,36)37)21(42)16(13)22(43)17-15(9)23(44)19-20(41(2)3)24(45)18(27(38)48)26(47)29(19,50)25(17)46/h4-9,15,19-20,23,42-44,47,50H,1-3H3,(H2,38,48)(H2,39,40,49)/t9-,15+,19+,20-,23-,29-/m1/s1. The van der Waals surface area contributed by atoms with Crippen LogP contribution in [0, 0.1) is 11.8 Å². The highest BCUT2D eigenvalue weighted by Crippen LogP contribution is 2.56. The topological polar surface area (TPSA) is 223 Å². The summed E-state index contributed by atoms with van der Waals surface area (Å²) in [7, 11) is 2.68. The summed E-state index contributed by atoms with van der Waals surface area (Å²) in [4.78, 5) is 53.4. The van der Waals surface area contributed by atoms with Crippen LogP contribution in [0.3, 0.4) is 0 Å². The minimum Gasteiger partial charge on any atom is -0.508 e. The van der Waals surface area contributed by atoms with Crippen LogP contribution in [0.25, 0.3) is 5.76 Å². The quantitative estimate of drug-likeness (QED) is 0.131. The number of halogens is 6. The number of nitrogens with one attached hydrogen (secondary N) is 2. The number of nitrogens with two attached hydrogens (primary N) is 1. The number of ketones is 2. The van der Waals surface area contributed by atoms with E-state index >= 15 is 0 Å². The number of carbonyl (C=O) groups excluding carboxylic acids is 4. The van der Waals surface area contributed by atoms with Gasteiger partial charge in [-0.25, -0.2) is 4.79 Å². The van der Waals surface area contributed by atoms with Gasteiger partial charge < -0.3 is 41.9 Å². The molecular weight excluding hydrogens is 686 g/mol. The maximum atomic E-state index is 14.1. The molecule has 6 atom stereocenters. The number of anilines is 2. The largest absolute Gasteiger partial charge is 0.508 e. The number of aliphatic hydroxyl groups excluding tert-OH is 3. The first-order chi connectivity index (χ1) is 22.9. The zero-order chi connectivity index (χ0) is 37.6. The molecule has 9 N–H and O–H groups in total. The highest BCUT2D eigenvalue weighted by atomic mass is 19.4. The molecule has 0 spiro atoms. The Hall–Kier alpha value is -5.14. The fraction of sp³-hybridized carbons (Fsp3) is 0.355. The zero-order valence-corrected chi connectivity index (χ0v) is 25.9. The van der Waals surface area contributed by atoms with E-state index < -0.39 is 128 Å². The minimum atomic E-state index is -5.21. The minimum absolute atomic E-state index is 0.0609. The molecule has 0 heterocycles. The van der Waals surface area contributed by atoms with Gasteiger partial charge in [0.1, 0.15) is 22.8 Å². The number of hydrogen-bond acceptors (Lipinski definition) is 10. The van der Waals surface area contributed by atoms with Crippen molar-refractivity contribution in [2.45, 2.75) is 42.9 Å². The number of amides is 3. The first-order valence-corrected chi connectivity index (χ1v) is 14.5. The first-order valence-electron chi connectivity index (χ1n) is 14.5. The van der Waals surface area contributed by atoms with E-state index in [1.165, 1.54) is 32.0 Å². The predicted molar refractivity (Wildman–Crippen MR) is 159 cm³/mol. The van der Waals surface area contributed by atoms with Crippen molar-refractivity contribution in [2.24, 2.45) is 17.6 Å². The lowest BCUT2D eigenvalue weighted by Gasteiger charge is -2.53. The van der Waals surface area contributed by atoms with Crippen LogP contribution in [-0.2, 0) is 26.7 Å². The van der Waals surface area contributed by atoms with Crippen molar-refractivity contribution < 1.29 is 71.1 Å². The number of alkyl halides is 6. The van der Waals surface area contributed by atoms with Gasteiger partial charge in [0.2, 0.25) is 5.78 Å². The van der Waals surface area contributed by atoms with E-state index in [1.807, 2.05) is 10.6 Å². The molecule has 0 saturated heterocycles. The number of hydrogen-bond donors (Lipinski definition) is 8. The van der Waals surface area contributed by atoms with Crippen LogP contribution >= 0.6 is 0 Å². The molecule has 3 amide bonds. The summed E-state index contributed by atoms with van der Waals surface area (Å²) in [5.74, 6) is -11.7. The third-order valence-electron chi connectivity index (χ3n) is 9.22. The Bertz CT molecular complexity index is 1890. The van der Waals surface area contributed by atoms with Crippen molar-refractivity contribution in [2.75, 3.05) is 24.7 Å². The number of primary amides is 1. The smallest absolute Gasteiger partial charge is 0.416 e. The Morgan fingerprint density at radius 1 is 0.940 bits per heavy atom. The van der Waals surface area contributed by atoms with Gasteiger partial charge in [0.25, 0.3) is 5.91 Å². The number of phenolic OH excluding ortho intramolecular Hbond substituents is 1. The molecule has 3 aliphatic carbocycles. The number of fused-ring (bicyclic) bond motifs is 3. The van der Waals surface area contributed by atoms with Crippen LogP contribution in [0.5, 0.6) is 5.75 Å². The number of benzene rings is 2. The summed E-state index contributed by atoms with van der Waals surface area (Å²) < 4.78 is 79.6. The maximum absolute atomic E-state index is 14.1. The lowest BCUT2D eigenvalue weighted by atomic mass is 9.54. The summed E-state index contributed by atoms with van der Waals surface area (Å²) in [6, 6.07) is -0.388. The molecule has 0 bridgehead atoms. The van der Waals surface area contributed by atoms with Gasteiger partial charge in [-0.3, -0.25) is 19.3 Å². The van der Waals surface area contributed by atoms with Crippen molar-refractivity contribution in [3.63, 3.8) is 0 Å². The normalized spacial score (nSPS) is 26.8. The highest BCUT2D eigenvalue weighted by Gasteiger charge is 2.68. The third-order valence-corrected chi connectivity index (χ3v) is 9.22. The zero-order valence-electron chi connectivity index (χ0n) is 25.9. The van der Waals surface area contributed by atoms with Crippen LogP contribution in [0.1, 0.15) is 35.1 Å². The van der Waals surface area contributed by atoms with Gasteiger partial charge in [0.05, 0.1) is 40.4 Å². The van der Waals surface area contributed by atoms with Crippen molar-refractivity contribution >= 4 is 40.6 Å². The van der Waals surface area contributed by atoms with Gasteiger partial charge in [0, 0.05) is 17.2 Å². The van der Waals surface area contributed by atoms with E-state index in [2.05, 4.69) is 0 Å². The molecule has 0 aromatic heterocycles. The number of carbonyl (C=O) groups is 4. The number of likely N-dealkylation sites (N-methyl/N-ethyl adjacent to an activating group) is 1. The fourth-order valence-corrected chi connectivity index (χ4v) is 7.03. The number of rotatable bonds is 4. The second-order valence-electron chi connectivity index (χ2n) is 12.3. The summed E-state index contributed by atoms with van der Waals surface area (Å²) >= 11 is 0. The van der Waals surface area contributed by atoms with Crippen LogP contribution in [0.2, 0.25) is 0 Å². The van der Waals surface area contributed by atoms with E-state index in [0.29, 0.717) is 0 Å². The lowest BCUT2D eigenvalue weighted by Crippen LogP contribution is -2.70. The summed E-state index contributed by atoms with van der Waals surface area (Å²) in [5, 5.41) is 60.8. The molecule has 13 nitrogen and oxygen atoms in total. The number of nitrogens with zero attached hydrogens (tertiary/aromatic N) is 1. The Morgan fingerprint density at radius 2 is 1.50 bits per heavy atom. The second kappa shape index (κ2) is 11.7. The number of aliphatic hydroxyl groups is 4. The molecule has 0 aliphatic heterocycles. The third kappa shape index (κ3) is 5.41. The van der Waals surface area contributed by atoms with E-state index in [4.69, 9.17) is 5.73 Å². The number of phenols is 1. The van der Waals surface area contributed by atoms with Gasteiger partial charge in [-0.05, 0) is 49.8 Å². The van der Waals surface area contributed by atoms with E-state index in [1.54, 1.807) is 0 Å². The molecule has 19 heteroatoms. The van der Waals surface area contributed by atoms with Crippen molar-refractivity contribution in [1.82, 2.24) is 4.90 Å². The Morgan fingerprint density at radius 3 is 2.00 bits per heavy atom. The molecule has 2 aromatic rings. The van der Waals surface area contributed by atoms with Crippen LogP contribution < -0.4 is 16.4 Å². The fourth-order valence-electron chi connectivity index (χ4n) is 7.03. The Kier molecular flexibility index (Phi) is 8.48.